The molecule has 1 N–H and O–H groups in total. The minimum Gasteiger partial charge on any atom is -0.378 e. The molecular formula is C17H21N3S. The fourth-order valence-corrected chi connectivity index (χ4v) is 3.24. The van der Waals surface area contributed by atoms with Gasteiger partial charge in [-0.15, -0.1) is 11.3 Å². The Morgan fingerprint density at radius 1 is 1.24 bits per heavy atom. The summed E-state index contributed by atoms with van der Waals surface area (Å²) in [5, 5.41) is 13.8. The summed E-state index contributed by atoms with van der Waals surface area (Å²) in [7, 11) is 0. The van der Waals surface area contributed by atoms with Crippen molar-refractivity contribution in [3.63, 3.8) is 0 Å². The minimum absolute atomic E-state index is 0.228. The Balaban J connectivity index is 2.14. The van der Waals surface area contributed by atoms with Gasteiger partial charge in [0, 0.05) is 10.6 Å². The number of rotatable bonds is 4. The van der Waals surface area contributed by atoms with E-state index in [2.05, 4.69) is 30.2 Å². The van der Waals surface area contributed by atoms with Gasteiger partial charge in [0.1, 0.15) is 0 Å². The number of aryl methyl sites for hydroxylation is 2. The van der Waals surface area contributed by atoms with Crippen LogP contribution in [0.25, 0.3) is 0 Å². The van der Waals surface area contributed by atoms with Crippen molar-refractivity contribution in [1.82, 2.24) is 4.98 Å². The van der Waals surface area contributed by atoms with Gasteiger partial charge in [0.2, 0.25) is 0 Å². The number of aromatic nitrogens is 1. The van der Waals surface area contributed by atoms with Gasteiger partial charge in [-0.05, 0) is 52.3 Å². The first kappa shape index (κ1) is 15.5. The van der Waals surface area contributed by atoms with Crippen LogP contribution >= 0.6 is 11.3 Å². The van der Waals surface area contributed by atoms with Crippen LogP contribution in [0.5, 0.6) is 0 Å². The molecule has 0 bridgehead atoms. The molecule has 21 heavy (non-hydrogen) atoms. The second kappa shape index (κ2) is 5.87. The van der Waals surface area contributed by atoms with Crippen LogP contribution in [0.1, 0.15) is 48.0 Å². The van der Waals surface area contributed by atoms with Crippen molar-refractivity contribution in [2.24, 2.45) is 0 Å². The van der Waals surface area contributed by atoms with Gasteiger partial charge in [-0.25, -0.2) is 4.98 Å². The molecule has 110 valence electrons. The minimum atomic E-state index is -0.449. The van der Waals surface area contributed by atoms with Crippen LogP contribution in [0.3, 0.4) is 0 Å². The fourth-order valence-electron chi connectivity index (χ4n) is 2.31. The lowest BCUT2D eigenvalue weighted by atomic mass is 9.86. The first-order valence-electron chi connectivity index (χ1n) is 7.06. The van der Waals surface area contributed by atoms with Crippen LogP contribution in [0.15, 0.2) is 24.3 Å². The molecule has 0 saturated heterocycles. The molecular weight excluding hydrogens is 278 g/mol. The van der Waals surface area contributed by atoms with Crippen LogP contribution < -0.4 is 5.32 Å². The lowest BCUT2D eigenvalue weighted by Gasteiger charge is -2.18. The third-order valence-corrected chi connectivity index (χ3v) is 4.86. The average Bonchev–Trinajstić information content (AvgIpc) is 2.78. The van der Waals surface area contributed by atoms with Crippen molar-refractivity contribution in [1.29, 1.82) is 5.26 Å². The number of thiazole rings is 1. The van der Waals surface area contributed by atoms with E-state index < -0.39 is 5.41 Å². The second-order valence-corrected chi connectivity index (χ2v) is 7.10. The molecule has 1 atom stereocenters. The monoisotopic (exact) mass is 299 g/mol. The van der Waals surface area contributed by atoms with Crippen molar-refractivity contribution in [2.45, 2.75) is 46.1 Å². The highest BCUT2D eigenvalue weighted by Gasteiger charge is 2.19. The summed E-state index contributed by atoms with van der Waals surface area (Å²) in [6.07, 6.45) is 0. The third-order valence-electron chi connectivity index (χ3n) is 3.60. The van der Waals surface area contributed by atoms with Crippen molar-refractivity contribution in [2.75, 3.05) is 5.32 Å². The molecule has 1 aromatic carbocycles. The number of anilines is 1. The van der Waals surface area contributed by atoms with E-state index in [1.165, 1.54) is 4.88 Å². The summed E-state index contributed by atoms with van der Waals surface area (Å²) in [6.45, 7) is 10.1. The number of hydrogen-bond donors (Lipinski definition) is 1. The maximum absolute atomic E-state index is 9.17. The molecule has 1 unspecified atom stereocenters. The Morgan fingerprint density at radius 3 is 2.33 bits per heavy atom. The highest BCUT2D eigenvalue weighted by Crippen LogP contribution is 2.29. The average molecular weight is 299 g/mol. The van der Waals surface area contributed by atoms with E-state index in [9.17, 15) is 5.26 Å². The highest BCUT2D eigenvalue weighted by atomic mass is 32.1. The van der Waals surface area contributed by atoms with E-state index in [0.29, 0.717) is 0 Å². The Morgan fingerprint density at radius 2 is 1.86 bits per heavy atom. The predicted molar refractivity (Wildman–Crippen MR) is 88.7 cm³/mol. The summed E-state index contributed by atoms with van der Waals surface area (Å²) >= 11 is 1.74. The van der Waals surface area contributed by atoms with Gasteiger partial charge >= 0.3 is 0 Å². The smallest absolute Gasteiger partial charge is 0.0900 e. The second-order valence-electron chi connectivity index (χ2n) is 5.86. The number of nitriles is 1. The molecule has 0 aliphatic carbocycles. The SMILES string of the molecule is Cc1nc(C)c(C(C)Nc2ccc(C(C)(C)C#N)cc2)s1. The van der Waals surface area contributed by atoms with Crippen molar-refractivity contribution >= 4 is 17.0 Å². The van der Waals surface area contributed by atoms with E-state index in [1.54, 1.807) is 11.3 Å². The molecule has 0 aliphatic heterocycles. The first-order chi connectivity index (χ1) is 9.83. The van der Waals surface area contributed by atoms with Crippen molar-refractivity contribution < 1.29 is 0 Å². The van der Waals surface area contributed by atoms with Crippen LogP contribution in [-0.4, -0.2) is 4.98 Å². The molecule has 3 nitrogen and oxygen atoms in total. The van der Waals surface area contributed by atoms with E-state index in [1.807, 2.05) is 45.0 Å². The summed E-state index contributed by atoms with van der Waals surface area (Å²) < 4.78 is 0. The number of nitrogens with one attached hydrogen (secondary N) is 1. The van der Waals surface area contributed by atoms with Gasteiger partial charge in [-0.1, -0.05) is 12.1 Å². The zero-order valence-electron chi connectivity index (χ0n) is 13.2. The molecule has 0 spiro atoms. The molecule has 0 amide bonds. The summed E-state index contributed by atoms with van der Waals surface area (Å²) in [6, 6.07) is 10.7. The van der Waals surface area contributed by atoms with Gasteiger partial charge in [0.25, 0.3) is 0 Å². The Hall–Kier alpha value is -1.86. The van der Waals surface area contributed by atoms with Crippen molar-refractivity contribution in [3.05, 3.63) is 45.4 Å². The Kier molecular flexibility index (Phi) is 4.34. The molecule has 0 radical (unpaired) electrons. The third kappa shape index (κ3) is 3.43. The normalized spacial score (nSPS) is 12.8. The molecule has 2 aromatic rings. The standard InChI is InChI=1S/C17H21N3S/c1-11-16(21-13(3)19-11)12(2)20-15-8-6-14(7-9-15)17(4,5)10-18/h6-9,12,20H,1-5H3. The van der Waals surface area contributed by atoms with Crippen LogP contribution in [0.2, 0.25) is 0 Å². The van der Waals surface area contributed by atoms with E-state index in [-0.39, 0.29) is 6.04 Å². The number of benzene rings is 1. The van der Waals surface area contributed by atoms with Gasteiger partial charge in [0.05, 0.1) is 28.2 Å². The Labute approximate surface area is 130 Å². The molecule has 4 heteroatoms. The molecule has 1 heterocycles. The van der Waals surface area contributed by atoms with Crippen LogP contribution in [0, 0.1) is 25.2 Å². The molecule has 0 saturated carbocycles. The van der Waals surface area contributed by atoms with Gasteiger partial charge in [-0.3, -0.25) is 0 Å². The molecule has 2 rings (SSSR count). The quantitative estimate of drug-likeness (QED) is 0.887. The van der Waals surface area contributed by atoms with E-state index in [0.717, 1.165) is 22.0 Å². The summed E-state index contributed by atoms with van der Waals surface area (Å²) in [5.74, 6) is 0. The molecule has 0 fully saturated rings. The zero-order chi connectivity index (χ0) is 15.6. The molecule has 1 aromatic heterocycles. The summed E-state index contributed by atoms with van der Waals surface area (Å²) in [4.78, 5) is 5.75. The predicted octanol–water partition coefficient (Wildman–Crippen LogP) is 4.73. The fraction of sp³-hybridized carbons (Fsp3) is 0.412. The highest BCUT2D eigenvalue weighted by molar-refractivity contribution is 7.11. The lowest BCUT2D eigenvalue weighted by molar-refractivity contribution is 0.687. The van der Waals surface area contributed by atoms with Crippen LogP contribution in [-0.2, 0) is 5.41 Å². The summed E-state index contributed by atoms with van der Waals surface area (Å²) in [5.41, 5.74) is 2.74. The molecule has 0 aliphatic rings. The lowest BCUT2D eigenvalue weighted by Crippen LogP contribution is -2.13. The maximum atomic E-state index is 9.17. The van der Waals surface area contributed by atoms with E-state index in [4.69, 9.17) is 0 Å². The largest absolute Gasteiger partial charge is 0.378 e. The Bertz CT molecular complexity index is 662. The van der Waals surface area contributed by atoms with Gasteiger partial charge in [-0.2, -0.15) is 5.26 Å². The van der Waals surface area contributed by atoms with Gasteiger partial charge in [0.15, 0.2) is 0 Å². The van der Waals surface area contributed by atoms with Gasteiger partial charge < -0.3 is 5.32 Å². The van der Waals surface area contributed by atoms with E-state index >= 15 is 0 Å². The zero-order valence-corrected chi connectivity index (χ0v) is 14.0. The topological polar surface area (TPSA) is 48.7 Å². The maximum Gasteiger partial charge on any atom is 0.0900 e. The van der Waals surface area contributed by atoms with Crippen LogP contribution in [0.4, 0.5) is 5.69 Å². The first-order valence-corrected chi connectivity index (χ1v) is 7.87. The van der Waals surface area contributed by atoms with Crippen molar-refractivity contribution in [3.8, 4) is 6.07 Å². The number of nitrogens with zero attached hydrogens (tertiary/aromatic N) is 2. The number of hydrogen-bond acceptors (Lipinski definition) is 4.